The van der Waals surface area contributed by atoms with E-state index in [1.54, 1.807) is 0 Å². The Morgan fingerprint density at radius 1 is 1.19 bits per heavy atom. The standard InChI is InChI=1S/C13H24N2O/c1-14-10-12(16)15-9-5-8-13(11-15)6-3-2-4-7-13/h14H,2-11H2,1H3. The van der Waals surface area contributed by atoms with Crippen LogP contribution in [0, 0.1) is 5.41 Å². The van der Waals surface area contributed by atoms with Gasteiger partial charge in [0.1, 0.15) is 0 Å². The first-order chi connectivity index (χ1) is 7.76. The number of rotatable bonds is 2. The summed E-state index contributed by atoms with van der Waals surface area (Å²) in [7, 11) is 1.85. The molecule has 1 saturated carbocycles. The van der Waals surface area contributed by atoms with Crippen molar-refractivity contribution in [3.05, 3.63) is 0 Å². The fourth-order valence-corrected chi connectivity index (χ4v) is 3.39. The number of amides is 1. The number of carbonyl (C=O) groups excluding carboxylic acids is 1. The van der Waals surface area contributed by atoms with Crippen LogP contribution in [0.4, 0.5) is 0 Å². The zero-order valence-electron chi connectivity index (χ0n) is 10.4. The topological polar surface area (TPSA) is 32.3 Å². The van der Waals surface area contributed by atoms with Gasteiger partial charge in [-0.05, 0) is 38.1 Å². The summed E-state index contributed by atoms with van der Waals surface area (Å²) in [4.78, 5) is 14.0. The first-order valence-corrected chi connectivity index (χ1v) is 6.68. The highest BCUT2D eigenvalue weighted by molar-refractivity contribution is 5.78. The average molecular weight is 224 g/mol. The molecule has 0 aromatic carbocycles. The fraction of sp³-hybridized carbons (Fsp3) is 0.923. The lowest BCUT2D eigenvalue weighted by atomic mass is 9.69. The number of hydrogen-bond acceptors (Lipinski definition) is 2. The van der Waals surface area contributed by atoms with Gasteiger partial charge in [0.25, 0.3) is 0 Å². The van der Waals surface area contributed by atoms with Gasteiger partial charge in [0, 0.05) is 13.1 Å². The molecule has 1 heterocycles. The normalized spacial score (nSPS) is 24.7. The van der Waals surface area contributed by atoms with Crippen LogP contribution in [0.5, 0.6) is 0 Å². The molecule has 92 valence electrons. The molecule has 3 heteroatoms. The van der Waals surface area contributed by atoms with Gasteiger partial charge in [-0.1, -0.05) is 19.3 Å². The molecular weight excluding hydrogens is 200 g/mol. The molecule has 1 saturated heterocycles. The summed E-state index contributed by atoms with van der Waals surface area (Å²) in [6.45, 7) is 2.49. The van der Waals surface area contributed by atoms with Crippen molar-refractivity contribution in [3.8, 4) is 0 Å². The first kappa shape index (κ1) is 11.9. The molecule has 1 aliphatic carbocycles. The van der Waals surface area contributed by atoms with E-state index >= 15 is 0 Å². The quantitative estimate of drug-likeness (QED) is 0.775. The molecule has 0 radical (unpaired) electrons. The smallest absolute Gasteiger partial charge is 0.236 e. The number of likely N-dealkylation sites (tertiary alicyclic amines) is 1. The molecule has 0 aromatic rings. The Morgan fingerprint density at radius 3 is 2.56 bits per heavy atom. The molecule has 3 nitrogen and oxygen atoms in total. The lowest BCUT2D eigenvalue weighted by Gasteiger charge is -2.45. The lowest BCUT2D eigenvalue weighted by Crippen LogP contribution is -2.49. The second kappa shape index (κ2) is 5.17. The maximum Gasteiger partial charge on any atom is 0.236 e. The van der Waals surface area contributed by atoms with E-state index in [2.05, 4.69) is 10.2 Å². The molecule has 0 aromatic heterocycles. The Bertz CT molecular complexity index is 241. The van der Waals surface area contributed by atoms with Crippen LogP contribution < -0.4 is 5.32 Å². The number of carbonyl (C=O) groups is 1. The average Bonchev–Trinajstić information content (AvgIpc) is 2.30. The molecule has 1 amide bonds. The van der Waals surface area contributed by atoms with Crippen LogP contribution in [-0.4, -0.2) is 37.5 Å². The largest absolute Gasteiger partial charge is 0.341 e. The summed E-state index contributed by atoms with van der Waals surface area (Å²) in [6, 6.07) is 0. The van der Waals surface area contributed by atoms with Gasteiger partial charge in [-0.15, -0.1) is 0 Å². The van der Waals surface area contributed by atoms with Crippen molar-refractivity contribution in [2.24, 2.45) is 5.41 Å². The monoisotopic (exact) mass is 224 g/mol. The van der Waals surface area contributed by atoms with Crippen molar-refractivity contribution in [1.29, 1.82) is 0 Å². The summed E-state index contributed by atoms with van der Waals surface area (Å²) in [6.07, 6.45) is 9.37. The SMILES string of the molecule is CNCC(=O)N1CCCC2(CCCCC2)C1. The van der Waals surface area contributed by atoms with Gasteiger partial charge in [0.15, 0.2) is 0 Å². The highest BCUT2D eigenvalue weighted by Crippen LogP contribution is 2.43. The fourth-order valence-electron chi connectivity index (χ4n) is 3.39. The number of likely N-dealkylation sites (N-methyl/N-ethyl adjacent to an activating group) is 1. The van der Waals surface area contributed by atoms with Crippen molar-refractivity contribution >= 4 is 5.91 Å². The molecule has 1 N–H and O–H groups in total. The minimum absolute atomic E-state index is 0.284. The summed E-state index contributed by atoms with van der Waals surface area (Å²) in [5.74, 6) is 0.284. The van der Waals surface area contributed by atoms with E-state index in [9.17, 15) is 4.79 Å². The van der Waals surface area contributed by atoms with Crippen LogP contribution in [0.3, 0.4) is 0 Å². The van der Waals surface area contributed by atoms with Crippen LogP contribution in [0.2, 0.25) is 0 Å². The summed E-state index contributed by atoms with van der Waals surface area (Å²) in [5, 5.41) is 2.96. The molecule has 2 rings (SSSR count). The van der Waals surface area contributed by atoms with Crippen molar-refractivity contribution < 1.29 is 4.79 Å². The molecule has 2 fully saturated rings. The van der Waals surface area contributed by atoms with E-state index in [4.69, 9.17) is 0 Å². The second-order valence-corrected chi connectivity index (χ2v) is 5.51. The zero-order chi connectivity index (χ0) is 11.4. The molecule has 1 aliphatic heterocycles. The Balaban J connectivity index is 1.94. The number of nitrogens with one attached hydrogen (secondary N) is 1. The molecule has 0 bridgehead atoms. The Morgan fingerprint density at radius 2 is 1.88 bits per heavy atom. The van der Waals surface area contributed by atoms with E-state index in [0.717, 1.165) is 13.1 Å². The Hall–Kier alpha value is -0.570. The van der Waals surface area contributed by atoms with Gasteiger partial charge in [-0.25, -0.2) is 0 Å². The highest BCUT2D eigenvalue weighted by Gasteiger charge is 2.37. The van der Waals surface area contributed by atoms with E-state index < -0.39 is 0 Å². The molecule has 1 spiro atoms. The Kier molecular flexibility index (Phi) is 3.85. The lowest BCUT2D eigenvalue weighted by molar-refractivity contribution is -0.134. The summed E-state index contributed by atoms with van der Waals surface area (Å²) in [5.41, 5.74) is 0.486. The number of nitrogens with zero attached hydrogens (tertiary/aromatic N) is 1. The molecule has 16 heavy (non-hydrogen) atoms. The minimum atomic E-state index is 0.284. The highest BCUT2D eigenvalue weighted by atomic mass is 16.2. The summed E-state index contributed by atoms with van der Waals surface area (Å²) >= 11 is 0. The van der Waals surface area contributed by atoms with Crippen molar-refractivity contribution in [2.75, 3.05) is 26.7 Å². The molecular formula is C13H24N2O. The van der Waals surface area contributed by atoms with Gasteiger partial charge < -0.3 is 10.2 Å². The zero-order valence-corrected chi connectivity index (χ0v) is 10.4. The van der Waals surface area contributed by atoms with Crippen LogP contribution in [-0.2, 0) is 4.79 Å². The molecule has 0 atom stereocenters. The molecule has 2 aliphatic rings. The van der Waals surface area contributed by atoms with Gasteiger partial charge >= 0.3 is 0 Å². The number of piperidine rings is 1. The number of hydrogen-bond donors (Lipinski definition) is 1. The predicted octanol–water partition coefficient (Wildman–Crippen LogP) is 1.78. The minimum Gasteiger partial charge on any atom is -0.341 e. The van der Waals surface area contributed by atoms with Gasteiger partial charge in [0.2, 0.25) is 5.91 Å². The maximum absolute atomic E-state index is 11.9. The van der Waals surface area contributed by atoms with Crippen molar-refractivity contribution in [2.45, 2.75) is 44.9 Å². The van der Waals surface area contributed by atoms with Crippen LogP contribution in [0.1, 0.15) is 44.9 Å². The van der Waals surface area contributed by atoms with Crippen molar-refractivity contribution in [1.82, 2.24) is 10.2 Å². The van der Waals surface area contributed by atoms with E-state index in [0.29, 0.717) is 12.0 Å². The van der Waals surface area contributed by atoms with Crippen LogP contribution >= 0.6 is 0 Å². The van der Waals surface area contributed by atoms with Crippen LogP contribution in [0.25, 0.3) is 0 Å². The van der Waals surface area contributed by atoms with Gasteiger partial charge in [-0.2, -0.15) is 0 Å². The predicted molar refractivity (Wildman–Crippen MR) is 65.3 cm³/mol. The maximum atomic E-state index is 11.9. The van der Waals surface area contributed by atoms with E-state index in [1.165, 1.54) is 44.9 Å². The second-order valence-electron chi connectivity index (χ2n) is 5.51. The summed E-state index contributed by atoms with van der Waals surface area (Å²) < 4.78 is 0. The first-order valence-electron chi connectivity index (χ1n) is 6.68. The third kappa shape index (κ3) is 2.57. The third-order valence-electron chi connectivity index (χ3n) is 4.26. The van der Waals surface area contributed by atoms with Crippen molar-refractivity contribution in [3.63, 3.8) is 0 Å². The Labute approximate surface area is 98.6 Å². The molecule has 0 unspecified atom stereocenters. The van der Waals surface area contributed by atoms with Gasteiger partial charge in [0.05, 0.1) is 6.54 Å². The van der Waals surface area contributed by atoms with E-state index in [-0.39, 0.29) is 5.91 Å². The van der Waals surface area contributed by atoms with Crippen LogP contribution in [0.15, 0.2) is 0 Å². The van der Waals surface area contributed by atoms with Gasteiger partial charge in [-0.3, -0.25) is 4.79 Å². The third-order valence-corrected chi connectivity index (χ3v) is 4.26. The van der Waals surface area contributed by atoms with E-state index in [1.807, 2.05) is 7.05 Å².